The van der Waals surface area contributed by atoms with Crippen molar-refractivity contribution < 1.29 is 4.74 Å². The first-order valence-electron chi connectivity index (χ1n) is 8.31. The Bertz CT molecular complexity index is 1250. The van der Waals surface area contributed by atoms with Gasteiger partial charge in [-0.15, -0.1) is 0 Å². The van der Waals surface area contributed by atoms with Crippen molar-refractivity contribution in [1.82, 2.24) is 14.8 Å². The zero-order valence-corrected chi connectivity index (χ0v) is 14.8. The summed E-state index contributed by atoms with van der Waals surface area (Å²) in [5, 5.41) is 14.0. The number of aromatic nitrogens is 3. The highest BCUT2D eigenvalue weighted by Gasteiger charge is 2.16. The van der Waals surface area contributed by atoms with Crippen LogP contribution >= 0.6 is 0 Å². The first-order valence-corrected chi connectivity index (χ1v) is 8.31. The summed E-state index contributed by atoms with van der Waals surface area (Å²) >= 11 is 0. The molecule has 0 spiro atoms. The van der Waals surface area contributed by atoms with E-state index in [1.807, 2.05) is 25.3 Å². The maximum atomic E-state index is 12.9. The smallest absolute Gasteiger partial charge is 0.275 e. The molecule has 2 aromatic heterocycles. The summed E-state index contributed by atoms with van der Waals surface area (Å²) in [6.07, 6.45) is 1.89. The lowest BCUT2D eigenvalue weighted by atomic mass is 10.0. The lowest BCUT2D eigenvalue weighted by molar-refractivity contribution is 0.408. The molecule has 0 amide bonds. The molecule has 0 saturated carbocycles. The molecule has 4 rings (SSSR count). The number of hydrogen-bond donors (Lipinski definition) is 2. The van der Waals surface area contributed by atoms with E-state index in [9.17, 15) is 10.1 Å². The van der Waals surface area contributed by atoms with Crippen LogP contribution in [0.2, 0.25) is 0 Å². The lowest BCUT2D eigenvalue weighted by Gasteiger charge is -2.12. The fraction of sp³-hybridized carbons (Fsp3) is 0.200. The Morgan fingerprint density at radius 3 is 2.81 bits per heavy atom. The number of benzene rings is 2. The minimum Gasteiger partial charge on any atom is -0.496 e. The number of rotatable bonds is 3. The van der Waals surface area contributed by atoms with Gasteiger partial charge in [-0.3, -0.25) is 9.89 Å². The Hall–Kier alpha value is -3.46. The molecule has 6 nitrogen and oxygen atoms in total. The van der Waals surface area contributed by atoms with Crippen LogP contribution in [-0.4, -0.2) is 21.9 Å². The fourth-order valence-corrected chi connectivity index (χ4v) is 3.58. The number of aryl methyl sites for hydroxylation is 2. The molecule has 130 valence electrons. The molecule has 0 bridgehead atoms. The van der Waals surface area contributed by atoms with E-state index in [0.29, 0.717) is 23.1 Å². The van der Waals surface area contributed by atoms with E-state index in [4.69, 9.17) is 4.74 Å². The van der Waals surface area contributed by atoms with Crippen LogP contribution in [-0.2, 0) is 6.54 Å². The van der Waals surface area contributed by atoms with E-state index < -0.39 is 0 Å². The summed E-state index contributed by atoms with van der Waals surface area (Å²) in [5.74, 6) is 0.745. The maximum absolute atomic E-state index is 12.9. The molecule has 0 aliphatic carbocycles. The maximum Gasteiger partial charge on any atom is 0.275 e. The molecule has 2 heterocycles. The number of hydrogen-bond acceptors (Lipinski definition) is 3. The summed E-state index contributed by atoms with van der Waals surface area (Å²) in [7, 11) is 1.63. The van der Waals surface area contributed by atoms with Gasteiger partial charge in [-0.1, -0.05) is 0 Å². The molecular weight excluding hydrogens is 328 g/mol. The van der Waals surface area contributed by atoms with E-state index in [-0.39, 0.29) is 5.56 Å². The minimum atomic E-state index is -0.138. The molecule has 0 radical (unpaired) electrons. The highest BCUT2D eigenvalue weighted by Crippen LogP contribution is 2.31. The number of nitriles is 1. The van der Waals surface area contributed by atoms with Gasteiger partial charge in [-0.25, -0.2) is 4.68 Å². The van der Waals surface area contributed by atoms with E-state index >= 15 is 0 Å². The number of fused-ring (bicyclic) bond motifs is 2. The first-order chi connectivity index (χ1) is 12.5. The van der Waals surface area contributed by atoms with Gasteiger partial charge in [0.15, 0.2) is 0 Å². The molecular formula is C20H18N4O2. The Labute approximate surface area is 149 Å². The number of nitrogens with zero attached hydrogens (tertiary/aromatic N) is 2. The van der Waals surface area contributed by atoms with Gasteiger partial charge in [0.05, 0.1) is 36.2 Å². The predicted molar refractivity (Wildman–Crippen MR) is 101 cm³/mol. The van der Waals surface area contributed by atoms with Crippen LogP contribution in [0.25, 0.3) is 21.8 Å². The normalized spacial score (nSPS) is 11.2. The highest BCUT2D eigenvalue weighted by atomic mass is 16.5. The van der Waals surface area contributed by atoms with Crippen LogP contribution in [0.15, 0.2) is 35.3 Å². The summed E-state index contributed by atoms with van der Waals surface area (Å²) in [6, 6.07) is 9.60. The summed E-state index contributed by atoms with van der Waals surface area (Å²) < 4.78 is 7.13. The third kappa shape index (κ3) is 2.21. The van der Waals surface area contributed by atoms with Crippen LogP contribution in [0.3, 0.4) is 0 Å². The van der Waals surface area contributed by atoms with Crippen molar-refractivity contribution in [2.24, 2.45) is 0 Å². The van der Waals surface area contributed by atoms with Crippen molar-refractivity contribution in [2.75, 3.05) is 7.11 Å². The Kier molecular flexibility index (Phi) is 3.58. The van der Waals surface area contributed by atoms with Gasteiger partial charge in [0.1, 0.15) is 5.75 Å². The van der Waals surface area contributed by atoms with Crippen molar-refractivity contribution >= 4 is 21.8 Å². The van der Waals surface area contributed by atoms with E-state index in [1.54, 1.807) is 30.8 Å². The number of methoxy groups -OCH3 is 1. The van der Waals surface area contributed by atoms with Crippen molar-refractivity contribution in [3.8, 4) is 11.8 Å². The van der Waals surface area contributed by atoms with Gasteiger partial charge in [-0.2, -0.15) is 5.26 Å². The Balaban J connectivity index is 1.93. The van der Waals surface area contributed by atoms with E-state index in [2.05, 4.69) is 16.2 Å². The van der Waals surface area contributed by atoms with Crippen molar-refractivity contribution in [3.05, 3.63) is 63.1 Å². The predicted octanol–water partition coefficient (Wildman–Crippen LogP) is 3.36. The molecule has 0 aliphatic rings. The summed E-state index contributed by atoms with van der Waals surface area (Å²) in [4.78, 5) is 16.2. The average Bonchev–Trinajstić information content (AvgIpc) is 3.24. The number of nitrogens with one attached hydrogen (secondary N) is 2. The SMILES string of the molecule is COc1cc(C)c2[nH]ccc2c1Cn1[nH]c2ccc(C#N)c(C)c2c1=O. The van der Waals surface area contributed by atoms with Gasteiger partial charge >= 0.3 is 0 Å². The zero-order chi connectivity index (χ0) is 18.4. The van der Waals surface area contributed by atoms with Crippen LogP contribution in [0.4, 0.5) is 0 Å². The molecule has 2 aromatic carbocycles. The van der Waals surface area contributed by atoms with Gasteiger partial charge in [0.25, 0.3) is 5.56 Å². The van der Waals surface area contributed by atoms with Crippen molar-refractivity contribution in [1.29, 1.82) is 5.26 Å². The van der Waals surface area contributed by atoms with Crippen LogP contribution in [0.1, 0.15) is 22.3 Å². The number of ether oxygens (including phenoxy) is 1. The summed E-state index contributed by atoms with van der Waals surface area (Å²) in [6.45, 7) is 4.18. The molecule has 0 fully saturated rings. The van der Waals surface area contributed by atoms with Crippen molar-refractivity contribution in [3.63, 3.8) is 0 Å². The molecule has 0 unspecified atom stereocenters. The second-order valence-corrected chi connectivity index (χ2v) is 6.42. The zero-order valence-electron chi connectivity index (χ0n) is 14.8. The van der Waals surface area contributed by atoms with Crippen LogP contribution < -0.4 is 10.3 Å². The molecule has 0 saturated heterocycles. The molecule has 2 N–H and O–H groups in total. The van der Waals surface area contributed by atoms with Crippen molar-refractivity contribution in [2.45, 2.75) is 20.4 Å². The second kappa shape index (κ2) is 5.81. The topological polar surface area (TPSA) is 86.6 Å². The number of aromatic amines is 2. The molecule has 4 aromatic rings. The lowest BCUT2D eigenvalue weighted by Crippen LogP contribution is -2.18. The highest BCUT2D eigenvalue weighted by molar-refractivity contribution is 5.88. The number of H-pyrrole nitrogens is 2. The van der Waals surface area contributed by atoms with Gasteiger partial charge < -0.3 is 9.72 Å². The Morgan fingerprint density at radius 1 is 1.27 bits per heavy atom. The van der Waals surface area contributed by atoms with Gasteiger partial charge in [0.2, 0.25) is 0 Å². The average molecular weight is 346 g/mol. The van der Waals surface area contributed by atoms with E-state index in [0.717, 1.165) is 33.3 Å². The quantitative estimate of drug-likeness (QED) is 0.596. The molecule has 0 atom stereocenters. The van der Waals surface area contributed by atoms with Crippen LogP contribution in [0.5, 0.6) is 5.75 Å². The first kappa shape index (κ1) is 16.0. The van der Waals surface area contributed by atoms with E-state index in [1.165, 1.54) is 0 Å². The Morgan fingerprint density at radius 2 is 2.08 bits per heavy atom. The molecule has 0 aliphatic heterocycles. The van der Waals surface area contributed by atoms with Gasteiger partial charge in [-0.05, 0) is 49.2 Å². The minimum absolute atomic E-state index is 0.138. The molecule has 6 heteroatoms. The molecule has 26 heavy (non-hydrogen) atoms. The third-order valence-electron chi connectivity index (χ3n) is 4.95. The van der Waals surface area contributed by atoms with Gasteiger partial charge in [0, 0.05) is 22.7 Å². The second-order valence-electron chi connectivity index (χ2n) is 6.42. The largest absolute Gasteiger partial charge is 0.496 e. The third-order valence-corrected chi connectivity index (χ3v) is 4.95. The fourth-order valence-electron chi connectivity index (χ4n) is 3.58. The monoisotopic (exact) mass is 346 g/mol. The summed E-state index contributed by atoms with van der Waals surface area (Å²) in [5.41, 5.74) is 4.86. The van der Waals surface area contributed by atoms with Crippen LogP contribution in [0, 0.1) is 25.2 Å². The standard InChI is InChI=1S/C20H18N4O2/c1-11-8-17(26-3)15(14-6-7-22-19(11)14)10-24-20(25)18-12(2)13(9-21)4-5-16(18)23-24/h4-8,22-23H,10H2,1-3H3.